The fourth-order valence-corrected chi connectivity index (χ4v) is 0.967. The van der Waals surface area contributed by atoms with E-state index < -0.39 is 0 Å². The molecule has 1 aromatic rings. The summed E-state index contributed by atoms with van der Waals surface area (Å²) >= 11 is 0. The molecule has 0 bridgehead atoms. The lowest BCUT2D eigenvalue weighted by Gasteiger charge is -2.07. The summed E-state index contributed by atoms with van der Waals surface area (Å²) < 4.78 is 0. The molecule has 0 spiro atoms. The van der Waals surface area contributed by atoms with Crippen LogP contribution in [0.25, 0.3) is 0 Å². The predicted octanol–water partition coefficient (Wildman–Crippen LogP) is 3.45. The van der Waals surface area contributed by atoms with Gasteiger partial charge in [0.25, 0.3) is 0 Å². The Kier molecular flexibility index (Phi) is 3.56. The van der Waals surface area contributed by atoms with Gasteiger partial charge < -0.3 is 5.32 Å². The first kappa shape index (κ1) is 9.85. The largest absolute Gasteiger partial charge is 0.381 e. The summed E-state index contributed by atoms with van der Waals surface area (Å²) in [6.07, 6.45) is 0. The van der Waals surface area contributed by atoms with Crippen molar-refractivity contribution in [3.63, 3.8) is 0 Å². The van der Waals surface area contributed by atoms with Gasteiger partial charge in [-0.1, -0.05) is 29.3 Å². The number of para-hydroxylation sites is 1. The van der Waals surface area contributed by atoms with Crippen molar-refractivity contribution in [2.24, 2.45) is 0 Å². The molecule has 0 saturated carbocycles. The highest BCUT2D eigenvalue weighted by molar-refractivity contribution is 5.43. The topological polar surface area (TPSA) is 12.0 Å². The van der Waals surface area contributed by atoms with Crippen LogP contribution in [0.5, 0.6) is 0 Å². The Hall–Kier alpha value is -1.24. The molecule has 70 valence electrons. The average molecular weight is 175 g/mol. The third kappa shape index (κ3) is 3.32. The molecule has 0 aliphatic rings. The number of nitrogens with one attached hydrogen (secondary N) is 1. The van der Waals surface area contributed by atoms with Crippen LogP contribution in [0, 0.1) is 0 Å². The second-order valence-electron chi connectivity index (χ2n) is 3.50. The minimum Gasteiger partial charge on any atom is -0.381 e. The lowest BCUT2D eigenvalue weighted by Crippen LogP contribution is -2.03. The summed E-state index contributed by atoms with van der Waals surface area (Å²) in [6.45, 7) is 7.38. The summed E-state index contributed by atoms with van der Waals surface area (Å²) in [5.41, 5.74) is 3.98. The summed E-state index contributed by atoms with van der Waals surface area (Å²) in [5, 5.41) is 3.37. The Morgan fingerprint density at radius 1 is 1.08 bits per heavy atom. The monoisotopic (exact) mass is 175 g/mol. The van der Waals surface area contributed by atoms with Crippen LogP contribution in [-0.4, -0.2) is 6.54 Å². The van der Waals surface area contributed by atoms with E-state index in [-0.39, 0.29) is 0 Å². The SMILES string of the molecule is CC(C)=C(C)CNc1ccccc1. The third-order valence-electron chi connectivity index (χ3n) is 2.19. The van der Waals surface area contributed by atoms with Gasteiger partial charge in [0.05, 0.1) is 0 Å². The van der Waals surface area contributed by atoms with E-state index in [9.17, 15) is 0 Å². The van der Waals surface area contributed by atoms with Crippen molar-refractivity contribution >= 4 is 5.69 Å². The Morgan fingerprint density at radius 3 is 2.23 bits per heavy atom. The summed E-state index contributed by atoms with van der Waals surface area (Å²) in [6, 6.07) is 10.3. The quantitative estimate of drug-likeness (QED) is 0.694. The zero-order valence-electron chi connectivity index (χ0n) is 8.59. The van der Waals surface area contributed by atoms with Crippen LogP contribution in [0.3, 0.4) is 0 Å². The van der Waals surface area contributed by atoms with Crippen LogP contribution < -0.4 is 5.32 Å². The van der Waals surface area contributed by atoms with Crippen molar-refractivity contribution in [3.8, 4) is 0 Å². The first-order valence-corrected chi connectivity index (χ1v) is 4.62. The van der Waals surface area contributed by atoms with E-state index in [4.69, 9.17) is 0 Å². The average Bonchev–Trinajstić information content (AvgIpc) is 2.15. The normalized spacial score (nSPS) is 9.46. The van der Waals surface area contributed by atoms with Gasteiger partial charge in [0.1, 0.15) is 0 Å². The summed E-state index contributed by atoms with van der Waals surface area (Å²) in [5.74, 6) is 0. The van der Waals surface area contributed by atoms with Gasteiger partial charge in [-0.25, -0.2) is 0 Å². The molecule has 13 heavy (non-hydrogen) atoms. The second kappa shape index (κ2) is 4.70. The number of hydrogen-bond acceptors (Lipinski definition) is 1. The molecule has 0 heterocycles. The van der Waals surface area contributed by atoms with E-state index >= 15 is 0 Å². The van der Waals surface area contributed by atoms with Gasteiger partial charge in [0, 0.05) is 12.2 Å². The third-order valence-corrected chi connectivity index (χ3v) is 2.19. The maximum absolute atomic E-state index is 3.37. The van der Waals surface area contributed by atoms with Crippen molar-refractivity contribution in [3.05, 3.63) is 41.5 Å². The highest BCUT2D eigenvalue weighted by Gasteiger charge is 1.92. The van der Waals surface area contributed by atoms with Gasteiger partial charge in [-0.15, -0.1) is 0 Å². The molecule has 0 radical (unpaired) electrons. The van der Waals surface area contributed by atoms with E-state index in [1.54, 1.807) is 0 Å². The number of anilines is 1. The lowest BCUT2D eigenvalue weighted by atomic mass is 10.2. The molecule has 1 rings (SSSR count). The van der Waals surface area contributed by atoms with Crippen LogP contribution in [0.1, 0.15) is 20.8 Å². The van der Waals surface area contributed by atoms with Gasteiger partial charge >= 0.3 is 0 Å². The highest BCUT2D eigenvalue weighted by Crippen LogP contribution is 2.07. The zero-order valence-corrected chi connectivity index (χ0v) is 8.59. The van der Waals surface area contributed by atoms with E-state index in [1.807, 2.05) is 18.2 Å². The lowest BCUT2D eigenvalue weighted by molar-refractivity contribution is 1.14. The standard InChI is InChI=1S/C12H17N/c1-10(2)11(3)9-13-12-7-5-4-6-8-12/h4-8,13H,9H2,1-3H3. The Labute approximate surface area is 80.5 Å². The fourth-order valence-electron chi connectivity index (χ4n) is 0.967. The fraction of sp³-hybridized carbons (Fsp3) is 0.333. The van der Waals surface area contributed by atoms with E-state index in [0.717, 1.165) is 6.54 Å². The number of rotatable bonds is 3. The molecular weight excluding hydrogens is 158 g/mol. The maximum Gasteiger partial charge on any atom is 0.0359 e. The summed E-state index contributed by atoms with van der Waals surface area (Å²) in [4.78, 5) is 0. The molecule has 0 amide bonds. The van der Waals surface area contributed by atoms with Crippen molar-refractivity contribution in [1.29, 1.82) is 0 Å². The van der Waals surface area contributed by atoms with Gasteiger partial charge in [-0.3, -0.25) is 0 Å². The molecule has 0 atom stereocenters. The smallest absolute Gasteiger partial charge is 0.0359 e. The first-order chi connectivity index (χ1) is 6.20. The molecular formula is C12H17N. The van der Waals surface area contributed by atoms with Crippen molar-refractivity contribution < 1.29 is 0 Å². The zero-order chi connectivity index (χ0) is 9.68. The molecule has 0 saturated heterocycles. The minimum atomic E-state index is 0.937. The van der Waals surface area contributed by atoms with Crippen molar-refractivity contribution in [1.82, 2.24) is 0 Å². The van der Waals surface area contributed by atoms with Crippen LogP contribution in [-0.2, 0) is 0 Å². The van der Waals surface area contributed by atoms with Crippen molar-refractivity contribution in [2.75, 3.05) is 11.9 Å². The van der Waals surface area contributed by atoms with Crippen LogP contribution >= 0.6 is 0 Å². The van der Waals surface area contributed by atoms with Gasteiger partial charge in [0.15, 0.2) is 0 Å². The minimum absolute atomic E-state index is 0.937. The summed E-state index contributed by atoms with van der Waals surface area (Å²) in [7, 11) is 0. The molecule has 0 aliphatic carbocycles. The number of hydrogen-bond donors (Lipinski definition) is 1. The molecule has 1 heteroatoms. The molecule has 1 aromatic carbocycles. The Bertz CT molecular complexity index is 281. The van der Waals surface area contributed by atoms with Crippen molar-refractivity contribution in [2.45, 2.75) is 20.8 Å². The second-order valence-corrected chi connectivity index (χ2v) is 3.50. The van der Waals surface area contributed by atoms with Gasteiger partial charge in [-0.05, 0) is 32.9 Å². The van der Waals surface area contributed by atoms with Crippen LogP contribution in [0.4, 0.5) is 5.69 Å². The molecule has 1 N–H and O–H groups in total. The molecule has 0 fully saturated rings. The first-order valence-electron chi connectivity index (χ1n) is 4.62. The maximum atomic E-state index is 3.37. The van der Waals surface area contributed by atoms with Gasteiger partial charge in [-0.2, -0.15) is 0 Å². The molecule has 1 nitrogen and oxygen atoms in total. The Morgan fingerprint density at radius 2 is 1.69 bits per heavy atom. The van der Waals surface area contributed by atoms with E-state index in [1.165, 1.54) is 16.8 Å². The van der Waals surface area contributed by atoms with E-state index in [2.05, 4.69) is 38.2 Å². The predicted molar refractivity (Wildman–Crippen MR) is 59.0 cm³/mol. The number of allylic oxidation sites excluding steroid dienone is 1. The molecule has 0 aromatic heterocycles. The molecule has 0 aliphatic heterocycles. The van der Waals surface area contributed by atoms with Gasteiger partial charge in [0.2, 0.25) is 0 Å². The number of benzene rings is 1. The Balaban J connectivity index is 2.49. The molecule has 0 unspecified atom stereocenters. The van der Waals surface area contributed by atoms with Crippen LogP contribution in [0.15, 0.2) is 41.5 Å². The van der Waals surface area contributed by atoms with E-state index in [0.29, 0.717) is 0 Å². The highest BCUT2D eigenvalue weighted by atomic mass is 14.9. The van der Waals surface area contributed by atoms with Crippen LogP contribution in [0.2, 0.25) is 0 Å².